The van der Waals surface area contributed by atoms with Crippen LogP contribution in [0.2, 0.25) is 0 Å². The smallest absolute Gasteiger partial charge is 0.119 e. The molecule has 0 unspecified atom stereocenters. The Morgan fingerprint density at radius 1 is 1.27 bits per heavy atom. The highest BCUT2D eigenvalue weighted by Gasteiger charge is 1.96. The van der Waals surface area contributed by atoms with E-state index in [1.807, 2.05) is 23.9 Å². The molecule has 0 amide bonds. The van der Waals surface area contributed by atoms with Crippen LogP contribution in [-0.2, 0) is 0 Å². The summed E-state index contributed by atoms with van der Waals surface area (Å²) in [4.78, 5) is 0. The van der Waals surface area contributed by atoms with Gasteiger partial charge in [0.25, 0.3) is 0 Å². The van der Waals surface area contributed by atoms with Crippen LogP contribution in [0.15, 0.2) is 24.3 Å². The van der Waals surface area contributed by atoms with Crippen LogP contribution in [-0.4, -0.2) is 17.6 Å². The van der Waals surface area contributed by atoms with Gasteiger partial charge < -0.3 is 4.74 Å². The summed E-state index contributed by atoms with van der Waals surface area (Å²) in [7, 11) is 0. The lowest BCUT2D eigenvalue weighted by atomic mass is 10.3. The van der Waals surface area contributed by atoms with Gasteiger partial charge in [-0.1, -0.05) is 13.8 Å². The van der Waals surface area contributed by atoms with Gasteiger partial charge in [-0.3, -0.25) is 0 Å². The van der Waals surface area contributed by atoms with Crippen molar-refractivity contribution in [3.8, 4) is 5.75 Å². The first-order valence-electron chi connectivity index (χ1n) is 5.18. The van der Waals surface area contributed by atoms with Crippen LogP contribution in [0.3, 0.4) is 0 Å². The Bertz CT molecular complexity index is 271. The predicted octanol–water partition coefficient (Wildman–Crippen LogP) is 4.20. The topological polar surface area (TPSA) is 9.23 Å². The number of ether oxygens (including phenoxy) is 1. The number of benzene rings is 1. The van der Waals surface area contributed by atoms with Gasteiger partial charge in [0.05, 0.1) is 6.61 Å². The monoisotopic (exact) mass is 336 g/mol. The van der Waals surface area contributed by atoms with Gasteiger partial charge >= 0.3 is 0 Å². The highest BCUT2D eigenvalue weighted by Crippen LogP contribution is 2.14. The molecule has 0 aliphatic rings. The quantitative estimate of drug-likeness (QED) is 0.569. The van der Waals surface area contributed by atoms with E-state index in [1.165, 1.54) is 9.32 Å². The Morgan fingerprint density at radius 3 is 2.53 bits per heavy atom. The summed E-state index contributed by atoms with van der Waals surface area (Å²) in [6.07, 6.45) is 1.12. The minimum Gasteiger partial charge on any atom is -0.494 e. The summed E-state index contributed by atoms with van der Waals surface area (Å²) in [5.74, 6) is 2.16. The van der Waals surface area contributed by atoms with Crippen molar-refractivity contribution in [1.82, 2.24) is 0 Å². The molecule has 0 N–H and O–H groups in total. The van der Waals surface area contributed by atoms with E-state index < -0.39 is 0 Å². The molecular formula is C12H17IOS. The van der Waals surface area contributed by atoms with Gasteiger partial charge in [0.2, 0.25) is 0 Å². The zero-order chi connectivity index (χ0) is 11.1. The summed E-state index contributed by atoms with van der Waals surface area (Å²) in [6, 6.07) is 8.19. The van der Waals surface area contributed by atoms with Gasteiger partial charge in [-0.2, -0.15) is 11.8 Å². The third-order valence-electron chi connectivity index (χ3n) is 1.82. The molecule has 0 aromatic heterocycles. The fourth-order valence-corrected chi connectivity index (χ4v) is 2.21. The van der Waals surface area contributed by atoms with Crippen molar-refractivity contribution in [2.45, 2.75) is 25.5 Å². The van der Waals surface area contributed by atoms with E-state index in [0.29, 0.717) is 0 Å². The summed E-state index contributed by atoms with van der Waals surface area (Å²) < 4.78 is 6.87. The van der Waals surface area contributed by atoms with E-state index in [4.69, 9.17) is 4.74 Å². The van der Waals surface area contributed by atoms with Gasteiger partial charge in [0.1, 0.15) is 5.75 Å². The molecule has 3 heteroatoms. The molecule has 84 valence electrons. The molecule has 1 nitrogen and oxygen atoms in total. The molecule has 0 aliphatic heterocycles. The highest BCUT2D eigenvalue weighted by atomic mass is 127. The predicted molar refractivity (Wildman–Crippen MR) is 76.9 cm³/mol. The van der Waals surface area contributed by atoms with Gasteiger partial charge in [-0.25, -0.2) is 0 Å². The minimum atomic E-state index is 0.725. The molecule has 0 fully saturated rings. The largest absolute Gasteiger partial charge is 0.494 e. The first-order valence-corrected chi connectivity index (χ1v) is 7.31. The van der Waals surface area contributed by atoms with E-state index in [2.05, 4.69) is 48.6 Å². The molecule has 0 aliphatic carbocycles. The van der Waals surface area contributed by atoms with E-state index in [9.17, 15) is 0 Å². The lowest BCUT2D eigenvalue weighted by Crippen LogP contribution is -2.00. The van der Waals surface area contributed by atoms with Gasteiger partial charge in [0, 0.05) is 3.57 Å². The van der Waals surface area contributed by atoms with Gasteiger partial charge in [-0.05, 0) is 64.3 Å². The second-order valence-corrected chi connectivity index (χ2v) is 6.51. The highest BCUT2D eigenvalue weighted by molar-refractivity contribution is 14.1. The third kappa shape index (κ3) is 6.30. The molecular weight excluding hydrogens is 319 g/mol. The van der Waals surface area contributed by atoms with E-state index in [-0.39, 0.29) is 0 Å². The molecule has 15 heavy (non-hydrogen) atoms. The Balaban J connectivity index is 2.12. The number of thioether (sulfide) groups is 1. The van der Waals surface area contributed by atoms with E-state index >= 15 is 0 Å². The fraction of sp³-hybridized carbons (Fsp3) is 0.500. The lowest BCUT2D eigenvalue weighted by Gasteiger charge is -2.07. The van der Waals surface area contributed by atoms with Crippen LogP contribution >= 0.6 is 34.4 Å². The first-order chi connectivity index (χ1) is 7.18. The molecule has 0 atom stereocenters. The summed E-state index contributed by atoms with van der Waals surface area (Å²) in [5.41, 5.74) is 0. The minimum absolute atomic E-state index is 0.725. The van der Waals surface area contributed by atoms with Crippen molar-refractivity contribution < 1.29 is 4.74 Å². The standard InChI is InChI=1S/C12H17IOS/c1-10(2)15-9-3-8-14-12-6-4-11(13)5-7-12/h4-7,10H,3,8-9H2,1-2H3. The molecule has 0 radical (unpaired) electrons. The molecule has 0 heterocycles. The fourth-order valence-electron chi connectivity index (χ4n) is 1.10. The Labute approximate surface area is 110 Å². The Kier molecular flexibility index (Phi) is 6.48. The van der Waals surface area contributed by atoms with Crippen LogP contribution in [0.1, 0.15) is 20.3 Å². The molecule has 0 bridgehead atoms. The van der Waals surface area contributed by atoms with Crippen LogP contribution in [0.25, 0.3) is 0 Å². The molecule has 0 saturated heterocycles. The summed E-state index contributed by atoms with van der Waals surface area (Å²) >= 11 is 4.28. The van der Waals surface area contributed by atoms with Gasteiger partial charge in [-0.15, -0.1) is 0 Å². The van der Waals surface area contributed by atoms with E-state index in [0.717, 1.165) is 24.0 Å². The second kappa shape index (κ2) is 7.39. The third-order valence-corrected chi connectivity index (χ3v) is 3.73. The zero-order valence-corrected chi connectivity index (χ0v) is 12.2. The molecule has 1 aromatic rings. The zero-order valence-electron chi connectivity index (χ0n) is 9.20. The first kappa shape index (κ1) is 13.2. The van der Waals surface area contributed by atoms with E-state index in [1.54, 1.807) is 0 Å². The maximum atomic E-state index is 5.63. The molecule has 0 spiro atoms. The van der Waals surface area contributed by atoms with Crippen LogP contribution < -0.4 is 4.74 Å². The van der Waals surface area contributed by atoms with Crippen molar-refractivity contribution in [3.63, 3.8) is 0 Å². The molecule has 0 saturated carbocycles. The van der Waals surface area contributed by atoms with Crippen LogP contribution in [0.5, 0.6) is 5.75 Å². The number of hydrogen-bond donors (Lipinski definition) is 0. The van der Waals surface area contributed by atoms with Crippen LogP contribution in [0.4, 0.5) is 0 Å². The SMILES string of the molecule is CC(C)SCCCOc1ccc(I)cc1. The normalized spacial score (nSPS) is 10.7. The Morgan fingerprint density at radius 2 is 1.93 bits per heavy atom. The molecule has 1 aromatic carbocycles. The van der Waals surface area contributed by atoms with Crippen molar-refractivity contribution in [3.05, 3.63) is 27.8 Å². The van der Waals surface area contributed by atoms with Gasteiger partial charge in [0.15, 0.2) is 0 Å². The van der Waals surface area contributed by atoms with Crippen molar-refractivity contribution in [2.24, 2.45) is 0 Å². The Hall–Kier alpha value is 0.1000. The maximum Gasteiger partial charge on any atom is 0.119 e. The summed E-state index contributed by atoms with van der Waals surface area (Å²) in [6.45, 7) is 5.27. The maximum absolute atomic E-state index is 5.63. The average Bonchev–Trinajstić information content (AvgIpc) is 2.20. The summed E-state index contributed by atoms with van der Waals surface area (Å²) in [5, 5.41) is 0.725. The second-order valence-electron chi connectivity index (χ2n) is 3.58. The number of hydrogen-bond acceptors (Lipinski definition) is 2. The number of rotatable bonds is 6. The van der Waals surface area contributed by atoms with Crippen molar-refractivity contribution in [1.29, 1.82) is 0 Å². The molecule has 1 rings (SSSR count). The van der Waals surface area contributed by atoms with Crippen molar-refractivity contribution >= 4 is 34.4 Å². The lowest BCUT2D eigenvalue weighted by molar-refractivity contribution is 0.318. The average molecular weight is 336 g/mol. The van der Waals surface area contributed by atoms with Crippen molar-refractivity contribution in [2.75, 3.05) is 12.4 Å². The van der Waals surface area contributed by atoms with Crippen LogP contribution in [0, 0.1) is 3.57 Å². The number of halogens is 1.